The second-order valence-electron chi connectivity index (χ2n) is 4.59. The van der Waals surface area contributed by atoms with Crippen molar-refractivity contribution in [2.75, 3.05) is 0 Å². The normalized spacial score (nSPS) is 12.4. The largest absolute Gasteiger partial charge is 0.481 e. The van der Waals surface area contributed by atoms with E-state index in [1.807, 2.05) is 26.0 Å². The minimum atomic E-state index is -0.860. The van der Waals surface area contributed by atoms with Gasteiger partial charge in [0.25, 0.3) is 0 Å². The maximum atomic E-state index is 11.1. The van der Waals surface area contributed by atoms with E-state index in [4.69, 9.17) is 5.11 Å². The van der Waals surface area contributed by atoms with E-state index in [2.05, 4.69) is 15.3 Å². The van der Waals surface area contributed by atoms with Crippen molar-refractivity contribution < 1.29 is 9.90 Å². The summed E-state index contributed by atoms with van der Waals surface area (Å²) in [7, 11) is 0. The molecule has 2 rings (SSSR count). The predicted molar refractivity (Wildman–Crippen MR) is 69.4 cm³/mol. The highest BCUT2D eigenvalue weighted by atomic mass is 16.4. The van der Waals surface area contributed by atoms with Crippen LogP contribution in [0.15, 0.2) is 12.1 Å². The Kier molecular flexibility index (Phi) is 3.33. The van der Waals surface area contributed by atoms with Crippen LogP contribution >= 0.6 is 0 Å². The van der Waals surface area contributed by atoms with Crippen molar-refractivity contribution in [1.29, 1.82) is 0 Å². The molecule has 2 aromatic heterocycles. The fourth-order valence-electron chi connectivity index (χ4n) is 2.13. The van der Waals surface area contributed by atoms with Crippen molar-refractivity contribution in [3.05, 3.63) is 34.8 Å². The predicted octanol–water partition coefficient (Wildman–Crippen LogP) is 1.78. The van der Waals surface area contributed by atoms with E-state index in [-0.39, 0.29) is 0 Å². The first-order valence-corrected chi connectivity index (χ1v) is 6.01. The molecule has 0 spiro atoms. The Morgan fingerprint density at radius 1 is 1.26 bits per heavy atom. The summed E-state index contributed by atoms with van der Waals surface area (Å²) in [6.07, 6.45) is 0. The molecule has 0 aliphatic carbocycles. The molecule has 0 aliphatic rings. The van der Waals surface area contributed by atoms with Crippen LogP contribution in [0, 0.1) is 20.8 Å². The maximum absolute atomic E-state index is 11.1. The molecule has 0 fully saturated rings. The molecule has 0 saturated heterocycles. The minimum absolute atomic E-state index is 0.591. The Morgan fingerprint density at radius 3 is 2.47 bits per heavy atom. The van der Waals surface area contributed by atoms with Crippen LogP contribution in [-0.2, 0) is 4.79 Å². The summed E-state index contributed by atoms with van der Waals surface area (Å²) >= 11 is 0. The minimum Gasteiger partial charge on any atom is -0.481 e. The molecule has 19 heavy (non-hydrogen) atoms. The zero-order valence-electron chi connectivity index (χ0n) is 11.4. The molecule has 6 heteroatoms. The van der Waals surface area contributed by atoms with Gasteiger partial charge in [-0.05, 0) is 39.8 Å². The standard InChI is InChI=1S/C13H16N4O2/c1-7-5-6-11(15-14-7)17-10(4)12(9(3)16-17)8(2)13(18)19/h5-6,8H,1-4H3,(H,18,19). The molecule has 6 nitrogen and oxygen atoms in total. The van der Waals surface area contributed by atoms with Crippen LogP contribution in [0.3, 0.4) is 0 Å². The van der Waals surface area contributed by atoms with Gasteiger partial charge < -0.3 is 5.11 Å². The highest BCUT2D eigenvalue weighted by Gasteiger charge is 2.23. The first-order valence-electron chi connectivity index (χ1n) is 6.01. The average Bonchev–Trinajstić information content (AvgIpc) is 2.65. The molecule has 1 N–H and O–H groups in total. The van der Waals surface area contributed by atoms with E-state index in [1.54, 1.807) is 18.5 Å². The molecule has 0 aliphatic heterocycles. The topological polar surface area (TPSA) is 80.9 Å². The van der Waals surface area contributed by atoms with Gasteiger partial charge in [0, 0.05) is 11.3 Å². The summed E-state index contributed by atoms with van der Waals surface area (Å²) in [4.78, 5) is 11.1. The van der Waals surface area contributed by atoms with Gasteiger partial charge >= 0.3 is 5.97 Å². The van der Waals surface area contributed by atoms with Gasteiger partial charge in [-0.25, -0.2) is 4.68 Å². The molecule has 2 heterocycles. The lowest BCUT2D eigenvalue weighted by atomic mass is 9.99. The molecule has 1 atom stereocenters. The van der Waals surface area contributed by atoms with Crippen LogP contribution in [0.5, 0.6) is 0 Å². The number of aliphatic carboxylic acids is 1. The number of nitrogens with zero attached hydrogens (tertiary/aromatic N) is 4. The highest BCUT2D eigenvalue weighted by molar-refractivity contribution is 5.76. The van der Waals surface area contributed by atoms with Gasteiger partial charge in [-0.1, -0.05) is 0 Å². The van der Waals surface area contributed by atoms with E-state index in [1.165, 1.54) is 0 Å². The number of aryl methyl sites for hydroxylation is 2. The fourth-order valence-corrected chi connectivity index (χ4v) is 2.13. The van der Waals surface area contributed by atoms with E-state index < -0.39 is 11.9 Å². The fraction of sp³-hybridized carbons (Fsp3) is 0.385. The van der Waals surface area contributed by atoms with Crippen molar-refractivity contribution in [3.8, 4) is 5.82 Å². The van der Waals surface area contributed by atoms with Gasteiger partial charge in [0.2, 0.25) is 0 Å². The van der Waals surface area contributed by atoms with Gasteiger partial charge in [-0.15, -0.1) is 5.10 Å². The summed E-state index contributed by atoms with van der Waals surface area (Å²) in [6, 6.07) is 3.66. The maximum Gasteiger partial charge on any atom is 0.310 e. The molecule has 100 valence electrons. The average molecular weight is 260 g/mol. The molecule has 0 radical (unpaired) electrons. The Morgan fingerprint density at radius 2 is 1.95 bits per heavy atom. The Hall–Kier alpha value is -2.24. The van der Waals surface area contributed by atoms with Crippen LogP contribution in [0.2, 0.25) is 0 Å². The molecule has 0 bridgehead atoms. The van der Waals surface area contributed by atoms with Crippen LogP contribution in [0.25, 0.3) is 5.82 Å². The smallest absolute Gasteiger partial charge is 0.310 e. The van der Waals surface area contributed by atoms with Crippen molar-refractivity contribution in [2.45, 2.75) is 33.6 Å². The van der Waals surface area contributed by atoms with Crippen LogP contribution in [0.4, 0.5) is 0 Å². The number of rotatable bonds is 3. The van der Waals surface area contributed by atoms with E-state index in [0.29, 0.717) is 11.5 Å². The first-order chi connectivity index (χ1) is 8.91. The number of carboxylic acids is 1. The lowest BCUT2D eigenvalue weighted by Crippen LogP contribution is -2.10. The number of hydrogen-bond donors (Lipinski definition) is 1. The van der Waals surface area contributed by atoms with E-state index in [9.17, 15) is 4.79 Å². The summed E-state index contributed by atoms with van der Waals surface area (Å²) in [5, 5.41) is 21.6. The van der Waals surface area contributed by atoms with Gasteiger partial charge in [-0.3, -0.25) is 4.79 Å². The molecular formula is C13H16N4O2. The first kappa shape index (κ1) is 13.2. The summed E-state index contributed by atoms with van der Waals surface area (Å²) < 4.78 is 1.64. The van der Waals surface area contributed by atoms with Gasteiger partial charge in [0.1, 0.15) is 0 Å². The monoisotopic (exact) mass is 260 g/mol. The van der Waals surface area contributed by atoms with Crippen LogP contribution < -0.4 is 0 Å². The lowest BCUT2D eigenvalue weighted by molar-refractivity contribution is -0.138. The molecule has 0 saturated carbocycles. The van der Waals surface area contributed by atoms with Gasteiger partial charge in [0.15, 0.2) is 5.82 Å². The van der Waals surface area contributed by atoms with Crippen LogP contribution in [-0.4, -0.2) is 31.1 Å². The Labute approximate surface area is 111 Å². The number of carbonyl (C=O) groups is 1. The second-order valence-corrected chi connectivity index (χ2v) is 4.59. The highest BCUT2D eigenvalue weighted by Crippen LogP contribution is 2.24. The molecular weight excluding hydrogens is 244 g/mol. The Balaban J connectivity index is 2.52. The zero-order chi connectivity index (χ0) is 14.2. The summed E-state index contributed by atoms with van der Waals surface area (Å²) in [5.74, 6) is -0.858. The molecule has 0 amide bonds. The zero-order valence-corrected chi connectivity index (χ0v) is 11.4. The van der Waals surface area contributed by atoms with Crippen molar-refractivity contribution in [3.63, 3.8) is 0 Å². The SMILES string of the molecule is Cc1ccc(-n2nc(C)c(C(C)C(=O)O)c2C)nn1. The second kappa shape index (κ2) is 4.79. The third-order valence-corrected chi connectivity index (χ3v) is 3.15. The molecule has 0 aromatic carbocycles. The van der Waals surface area contributed by atoms with E-state index in [0.717, 1.165) is 17.0 Å². The number of hydrogen-bond acceptors (Lipinski definition) is 4. The van der Waals surface area contributed by atoms with Crippen molar-refractivity contribution in [2.24, 2.45) is 0 Å². The summed E-state index contributed by atoms with van der Waals surface area (Å²) in [5.41, 5.74) is 3.04. The van der Waals surface area contributed by atoms with Gasteiger partial charge in [-0.2, -0.15) is 10.2 Å². The van der Waals surface area contributed by atoms with Crippen molar-refractivity contribution >= 4 is 5.97 Å². The van der Waals surface area contributed by atoms with Crippen molar-refractivity contribution in [1.82, 2.24) is 20.0 Å². The third-order valence-electron chi connectivity index (χ3n) is 3.15. The Bertz CT molecular complexity index is 616. The quantitative estimate of drug-likeness (QED) is 0.909. The van der Waals surface area contributed by atoms with Crippen LogP contribution in [0.1, 0.15) is 35.5 Å². The lowest BCUT2D eigenvalue weighted by Gasteiger charge is -2.07. The molecule has 2 aromatic rings. The van der Waals surface area contributed by atoms with Gasteiger partial charge in [0.05, 0.1) is 17.3 Å². The summed E-state index contributed by atoms with van der Waals surface area (Å²) in [6.45, 7) is 7.16. The molecule has 1 unspecified atom stereocenters. The number of carboxylic acid groups (broad SMARTS) is 1. The number of aromatic nitrogens is 4. The third kappa shape index (κ3) is 2.33. The van der Waals surface area contributed by atoms with E-state index >= 15 is 0 Å².